The number of nitrogens with zero attached hydrogens (tertiary/aromatic N) is 3. The van der Waals surface area contributed by atoms with Crippen molar-refractivity contribution in [3.63, 3.8) is 0 Å². The lowest BCUT2D eigenvalue weighted by Gasteiger charge is -2.37. The first kappa shape index (κ1) is 14.6. The van der Waals surface area contributed by atoms with Gasteiger partial charge in [-0.25, -0.2) is 9.97 Å². The fourth-order valence-corrected chi connectivity index (χ4v) is 3.47. The molecule has 1 N–H and O–H groups in total. The molecule has 0 aromatic carbocycles. The quantitative estimate of drug-likeness (QED) is 0.894. The molecule has 0 bridgehead atoms. The van der Waals surface area contributed by atoms with E-state index in [4.69, 9.17) is 4.98 Å². The summed E-state index contributed by atoms with van der Waals surface area (Å²) in [6.07, 6.45) is 7.86. The highest BCUT2D eigenvalue weighted by molar-refractivity contribution is 5.50. The molecular weight excluding hydrogens is 260 g/mol. The Labute approximate surface area is 128 Å². The highest BCUT2D eigenvalue weighted by Crippen LogP contribution is 2.39. The molecule has 2 aliphatic carbocycles. The van der Waals surface area contributed by atoms with Crippen LogP contribution in [0, 0.1) is 5.92 Å². The Kier molecular flexibility index (Phi) is 4.32. The number of aromatic nitrogens is 2. The maximum Gasteiger partial charge on any atom is 0.136 e. The summed E-state index contributed by atoms with van der Waals surface area (Å²) in [5.41, 5.74) is 0. The predicted molar refractivity (Wildman–Crippen MR) is 88.0 cm³/mol. The molecular formula is C17H28N4. The van der Waals surface area contributed by atoms with E-state index in [0.717, 1.165) is 29.9 Å². The van der Waals surface area contributed by atoms with Gasteiger partial charge in [-0.05, 0) is 38.5 Å². The molecule has 116 valence electrons. The number of hydrogen-bond acceptors (Lipinski definition) is 4. The minimum atomic E-state index is 0.597. The van der Waals surface area contributed by atoms with Crippen molar-refractivity contribution >= 4 is 11.6 Å². The fourth-order valence-electron chi connectivity index (χ4n) is 3.47. The van der Waals surface area contributed by atoms with Gasteiger partial charge >= 0.3 is 0 Å². The van der Waals surface area contributed by atoms with Crippen molar-refractivity contribution in [1.29, 1.82) is 0 Å². The Morgan fingerprint density at radius 3 is 2.62 bits per heavy atom. The standard InChI is InChI=1S/C17H28N4/c1-4-18-15-11-16(20-17(19-15)13-9-10-13)21(3)14-8-6-5-7-12(14)2/h11-14H,4-10H2,1-3H3,(H,18,19,20). The van der Waals surface area contributed by atoms with Crippen molar-refractivity contribution in [2.45, 2.75) is 64.3 Å². The molecule has 2 atom stereocenters. The van der Waals surface area contributed by atoms with E-state index < -0.39 is 0 Å². The van der Waals surface area contributed by atoms with Crippen LogP contribution in [0.2, 0.25) is 0 Å². The summed E-state index contributed by atoms with van der Waals surface area (Å²) in [5, 5.41) is 3.36. The third kappa shape index (κ3) is 3.30. The van der Waals surface area contributed by atoms with Gasteiger partial charge in [0.2, 0.25) is 0 Å². The first-order chi connectivity index (χ1) is 10.2. The second-order valence-electron chi connectivity index (χ2n) is 6.71. The normalized spacial score (nSPS) is 25.7. The Hall–Kier alpha value is -1.32. The van der Waals surface area contributed by atoms with E-state index in [2.05, 4.69) is 42.2 Å². The minimum absolute atomic E-state index is 0.597. The molecule has 0 saturated heterocycles. The van der Waals surface area contributed by atoms with E-state index in [1.807, 2.05) is 0 Å². The molecule has 2 unspecified atom stereocenters. The molecule has 2 fully saturated rings. The first-order valence-electron chi connectivity index (χ1n) is 8.54. The zero-order valence-electron chi connectivity index (χ0n) is 13.6. The molecule has 0 amide bonds. The largest absolute Gasteiger partial charge is 0.370 e. The molecule has 21 heavy (non-hydrogen) atoms. The molecule has 0 radical (unpaired) electrons. The summed E-state index contributed by atoms with van der Waals surface area (Å²) in [7, 11) is 2.21. The van der Waals surface area contributed by atoms with E-state index in [1.54, 1.807) is 0 Å². The molecule has 1 aromatic rings. The van der Waals surface area contributed by atoms with Crippen LogP contribution in [0.25, 0.3) is 0 Å². The van der Waals surface area contributed by atoms with Crippen molar-refractivity contribution in [2.24, 2.45) is 5.92 Å². The highest BCUT2D eigenvalue weighted by Gasteiger charge is 2.30. The van der Waals surface area contributed by atoms with Crippen LogP contribution in [0.1, 0.15) is 64.1 Å². The average Bonchev–Trinajstić information content (AvgIpc) is 3.32. The first-order valence-corrected chi connectivity index (χ1v) is 8.54. The fraction of sp³-hybridized carbons (Fsp3) is 0.765. The Balaban J connectivity index is 1.85. The lowest BCUT2D eigenvalue weighted by molar-refractivity contribution is 0.320. The van der Waals surface area contributed by atoms with Gasteiger partial charge in [0, 0.05) is 31.6 Å². The summed E-state index contributed by atoms with van der Waals surface area (Å²) in [4.78, 5) is 11.9. The third-order valence-corrected chi connectivity index (χ3v) is 4.96. The number of hydrogen-bond donors (Lipinski definition) is 1. The molecule has 3 rings (SSSR count). The van der Waals surface area contributed by atoms with E-state index in [9.17, 15) is 0 Å². The molecule has 1 heterocycles. The van der Waals surface area contributed by atoms with Crippen molar-refractivity contribution < 1.29 is 0 Å². The van der Waals surface area contributed by atoms with Gasteiger partial charge in [-0.15, -0.1) is 0 Å². The molecule has 2 saturated carbocycles. The summed E-state index contributed by atoms with van der Waals surface area (Å²) < 4.78 is 0. The molecule has 4 nitrogen and oxygen atoms in total. The van der Waals surface area contributed by atoms with Gasteiger partial charge in [-0.2, -0.15) is 0 Å². The number of nitrogens with one attached hydrogen (secondary N) is 1. The zero-order valence-corrected chi connectivity index (χ0v) is 13.6. The van der Waals surface area contributed by atoms with Gasteiger partial charge < -0.3 is 10.2 Å². The van der Waals surface area contributed by atoms with Gasteiger partial charge in [0.25, 0.3) is 0 Å². The van der Waals surface area contributed by atoms with Crippen LogP contribution in [0.3, 0.4) is 0 Å². The topological polar surface area (TPSA) is 41.0 Å². The second-order valence-corrected chi connectivity index (χ2v) is 6.71. The molecule has 0 spiro atoms. The Morgan fingerprint density at radius 1 is 1.19 bits per heavy atom. The molecule has 4 heteroatoms. The van der Waals surface area contributed by atoms with Gasteiger partial charge in [0.05, 0.1) is 0 Å². The third-order valence-electron chi connectivity index (χ3n) is 4.96. The predicted octanol–water partition coefficient (Wildman–Crippen LogP) is 3.80. The van der Waals surface area contributed by atoms with Crippen LogP contribution in [0.15, 0.2) is 6.07 Å². The van der Waals surface area contributed by atoms with Crippen LogP contribution in [-0.4, -0.2) is 29.6 Å². The maximum atomic E-state index is 4.86. The summed E-state index contributed by atoms with van der Waals surface area (Å²) in [6.45, 7) is 5.41. The van der Waals surface area contributed by atoms with Crippen LogP contribution < -0.4 is 10.2 Å². The van der Waals surface area contributed by atoms with E-state index in [0.29, 0.717) is 12.0 Å². The van der Waals surface area contributed by atoms with Gasteiger partial charge in [-0.3, -0.25) is 0 Å². The lowest BCUT2D eigenvalue weighted by Crippen LogP contribution is -2.39. The zero-order chi connectivity index (χ0) is 14.8. The van der Waals surface area contributed by atoms with Crippen molar-refractivity contribution in [1.82, 2.24) is 9.97 Å². The van der Waals surface area contributed by atoms with Gasteiger partial charge in [0.15, 0.2) is 0 Å². The summed E-state index contributed by atoms with van der Waals surface area (Å²) in [6, 6.07) is 2.74. The lowest BCUT2D eigenvalue weighted by atomic mass is 9.85. The average molecular weight is 288 g/mol. The smallest absolute Gasteiger partial charge is 0.136 e. The van der Waals surface area contributed by atoms with E-state index in [-0.39, 0.29) is 0 Å². The monoisotopic (exact) mass is 288 g/mol. The van der Waals surface area contributed by atoms with Crippen LogP contribution in [0.5, 0.6) is 0 Å². The van der Waals surface area contributed by atoms with Crippen molar-refractivity contribution in [3.8, 4) is 0 Å². The number of rotatable bonds is 5. The van der Waals surface area contributed by atoms with Gasteiger partial charge in [0.1, 0.15) is 17.5 Å². The maximum absolute atomic E-state index is 4.86. The Morgan fingerprint density at radius 2 is 1.95 bits per heavy atom. The SMILES string of the molecule is CCNc1cc(N(C)C2CCCCC2C)nc(C2CC2)n1. The second kappa shape index (κ2) is 6.20. The van der Waals surface area contributed by atoms with Crippen LogP contribution in [-0.2, 0) is 0 Å². The van der Waals surface area contributed by atoms with Crippen molar-refractivity contribution in [2.75, 3.05) is 23.8 Å². The Bertz CT molecular complexity index is 484. The molecule has 1 aromatic heterocycles. The minimum Gasteiger partial charge on any atom is -0.370 e. The van der Waals surface area contributed by atoms with E-state index >= 15 is 0 Å². The summed E-state index contributed by atoms with van der Waals surface area (Å²) in [5.74, 6) is 4.48. The van der Waals surface area contributed by atoms with Crippen molar-refractivity contribution in [3.05, 3.63) is 11.9 Å². The number of anilines is 2. The van der Waals surface area contributed by atoms with Crippen LogP contribution in [0.4, 0.5) is 11.6 Å². The van der Waals surface area contributed by atoms with Gasteiger partial charge in [-0.1, -0.05) is 19.8 Å². The summed E-state index contributed by atoms with van der Waals surface area (Å²) >= 11 is 0. The van der Waals surface area contributed by atoms with Crippen LogP contribution >= 0.6 is 0 Å². The molecule has 0 aliphatic heterocycles. The molecule has 2 aliphatic rings. The highest BCUT2D eigenvalue weighted by atomic mass is 15.2. The van der Waals surface area contributed by atoms with E-state index in [1.165, 1.54) is 38.5 Å².